The number of benzene rings is 2. The predicted octanol–water partition coefficient (Wildman–Crippen LogP) is 5.61. The van der Waals surface area contributed by atoms with E-state index in [0.29, 0.717) is 5.92 Å². The van der Waals surface area contributed by atoms with Crippen molar-refractivity contribution in [1.82, 2.24) is 0 Å². The number of halogens is 1. The van der Waals surface area contributed by atoms with Gasteiger partial charge >= 0.3 is 0 Å². The Morgan fingerprint density at radius 2 is 1.42 bits per heavy atom. The van der Waals surface area contributed by atoms with Crippen LogP contribution < -0.4 is 0 Å². The average Bonchev–Trinajstić information content (AvgIpc) is 2.39. The highest BCUT2D eigenvalue weighted by Crippen LogP contribution is 2.30. The van der Waals surface area contributed by atoms with E-state index in [4.69, 9.17) is 0 Å². The summed E-state index contributed by atoms with van der Waals surface area (Å²) in [5.41, 5.74) is 5.56. The summed E-state index contributed by atoms with van der Waals surface area (Å²) in [4.78, 5) is 0. The van der Waals surface area contributed by atoms with E-state index in [9.17, 15) is 0 Å². The molecule has 0 aliphatic carbocycles. The van der Waals surface area contributed by atoms with E-state index in [-0.39, 0.29) is 0 Å². The minimum Gasteiger partial charge on any atom is -0.0928 e. The number of aryl methyl sites for hydroxylation is 2. The van der Waals surface area contributed by atoms with Gasteiger partial charge in [-0.05, 0) is 37.8 Å². The van der Waals surface area contributed by atoms with Crippen LogP contribution in [0.25, 0.3) is 0 Å². The van der Waals surface area contributed by atoms with Gasteiger partial charge in [0.1, 0.15) is 0 Å². The van der Waals surface area contributed by atoms with Gasteiger partial charge in [-0.2, -0.15) is 0 Å². The largest absolute Gasteiger partial charge is 0.0928 e. The smallest absolute Gasteiger partial charge is 0.00898 e. The summed E-state index contributed by atoms with van der Waals surface area (Å²) in [5.74, 6) is 0.511. The van der Waals surface area contributed by atoms with Gasteiger partial charge in [0, 0.05) is 11.2 Å². The summed E-state index contributed by atoms with van der Waals surface area (Å²) in [7, 11) is 0. The molecule has 0 fully saturated rings. The molecule has 19 heavy (non-hydrogen) atoms. The van der Waals surface area contributed by atoms with Crippen molar-refractivity contribution in [3.05, 3.63) is 70.8 Å². The molecular formula is C18H21Br. The highest BCUT2D eigenvalue weighted by molar-refractivity contribution is 9.09. The van der Waals surface area contributed by atoms with Gasteiger partial charge in [0.2, 0.25) is 0 Å². The summed E-state index contributed by atoms with van der Waals surface area (Å²) in [6.45, 7) is 4.34. The number of hydrogen-bond donors (Lipinski definition) is 0. The van der Waals surface area contributed by atoms with Crippen LogP contribution in [0, 0.1) is 13.8 Å². The van der Waals surface area contributed by atoms with Crippen molar-refractivity contribution in [2.24, 2.45) is 0 Å². The monoisotopic (exact) mass is 316 g/mol. The lowest BCUT2D eigenvalue weighted by Crippen LogP contribution is -2.02. The van der Waals surface area contributed by atoms with Crippen LogP contribution in [0.2, 0.25) is 0 Å². The number of rotatable bonds is 5. The maximum atomic E-state index is 3.55. The zero-order chi connectivity index (χ0) is 13.7. The second-order valence-electron chi connectivity index (χ2n) is 5.21. The van der Waals surface area contributed by atoms with Crippen molar-refractivity contribution in [2.75, 3.05) is 5.33 Å². The Morgan fingerprint density at radius 3 is 1.84 bits per heavy atom. The molecule has 1 heteroatoms. The van der Waals surface area contributed by atoms with E-state index in [1.807, 2.05) is 0 Å². The molecule has 0 atom stereocenters. The van der Waals surface area contributed by atoms with Gasteiger partial charge in [-0.15, -0.1) is 0 Å². The molecule has 100 valence electrons. The van der Waals surface area contributed by atoms with Crippen molar-refractivity contribution >= 4 is 15.9 Å². The molecule has 0 nitrogen and oxygen atoms in total. The van der Waals surface area contributed by atoms with Crippen LogP contribution in [-0.2, 0) is 0 Å². The quantitative estimate of drug-likeness (QED) is 0.629. The predicted molar refractivity (Wildman–Crippen MR) is 87.2 cm³/mol. The van der Waals surface area contributed by atoms with Gasteiger partial charge in [-0.25, -0.2) is 0 Å². The van der Waals surface area contributed by atoms with E-state index in [2.05, 4.69) is 78.3 Å². The van der Waals surface area contributed by atoms with Gasteiger partial charge in [-0.1, -0.05) is 75.6 Å². The molecule has 0 unspecified atom stereocenters. The molecule has 0 radical (unpaired) electrons. The Labute approximate surface area is 125 Å². The Morgan fingerprint density at radius 1 is 0.895 bits per heavy atom. The summed E-state index contributed by atoms with van der Waals surface area (Å²) in [6, 6.07) is 17.8. The Kier molecular flexibility index (Phi) is 5.21. The summed E-state index contributed by atoms with van der Waals surface area (Å²) >= 11 is 3.55. The SMILES string of the molecule is Cc1cccc(C(CCCBr)c2cccc(C)c2)c1. The lowest BCUT2D eigenvalue weighted by Gasteiger charge is -2.18. The first-order chi connectivity index (χ1) is 9.20. The van der Waals surface area contributed by atoms with Crippen molar-refractivity contribution in [3.63, 3.8) is 0 Å². The van der Waals surface area contributed by atoms with E-state index >= 15 is 0 Å². The Bertz CT molecular complexity index is 485. The van der Waals surface area contributed by atoms with Crippen LogP contribution in [0.3, 0.4) is 0 Å². The standard InChI is InChI=1S/C18H21Br/c1-14-6-3-8-16(12-14)18(10-5-11-19)17-9-4-7-15(2)13-17/h3-4,6-9,12-13,18H,5,10-11H2,1-2H3. The van der Waals surface area contributed by atoms with E-state index < -0.39 is 0 Å². The van der Waals surface area contributed by atoms with Gasteiger partial charge < -0.3 is 0 Å². The first-order valence-corrected chi connectivity index (χ1v) is 8.02. The second-order valence-corrected chi connectivity index (χ2v) is 6.01. The maximum Gasteiger partial charge on any atom is 0.00898 e. The normalized spacial score (nSPS) is 10.9. The van der Waals surface area contributed by atoms with Crippen LogP contribution in [0.4, 0.5) is 0 Å². The van der Waals surface area contributed by atoms with Crippen molar-refractivity contribution in [1.29, 1.82) is 0 Å². The zero-order valence-electron chi connectivity index (χ0n) is 11.7. The molecule has 0 spiro atoms. The molecule has 0 amide bonds. The molecule has 0 bridgehead atoms. The third-order valence-corrected chi connectivity index (χ3v) is 4.08. The summed E-state index contributed by atoms with van der Waals surface area (Å²) in [6.07, 6.45) is 2.39. The lowest BCUT2D eigenvalue weighted by atomic mass is 9.86. The molecule has 0 aromatic heterocycles. The Hall–Kier alpha value is -1.08. The summed E-state index contributed by atoms with van der Waals surface area (Å²) in [5, 5.41) is 1.07. The van der Waals surface area contributed by atoms with Gasteiger partial charge in [-0.3, -0.25) is 0 Å². The molecule has 0 aliphatic heterocycles. The van der Waals surface area contributed by atoms with E-state index in [1.54, 1.807) is 0 Å². The number of hydrogen-bond acceptors (Lipinski definition) is 0. The zero-order valence-corrected chi connectivity index (χ0v) is 13.3. The minimum atomic E-state index is 0.511. The topological polar surface area (TPSA) is 0 Å². The molecule has 2 aromatic rings. The van der Waals surface area contributed by atoms with E-state index in [1.165, 1.54) is 35.1 Å². The van der Waals surface area contributed by atoms with Crippen LogP contribution in [-0.4, -0.2) is 5.33 Å². The average molecular weight is 317 g/mol. The van der Waals surface area contributed by atoms with Crippen LogP contribution in [0.1, 0.15) is 41.0 Å². The maximum absolute atomic E-state index is 3.55. The highest BCUT2D eigenvalue weighted by atomic mass is 79.9. The molecular weight excluding hydrogens is 296 g/mol. The van der Waals surface area contributed by atoms with Gasteiger partial charge in [0.25, 0.3) is 0 Å². The van der Waals surface area contributed by atoms with E-state index in [0.717, 1.165) is 5.33 Å². The fourth-order valence-electron chi connectivity index (χ4n) is 2.58. The fraction of sp³-hybridized carbons (Fsp3) is 0.333. The molecule has 0 saturated carbocycles. The first kappa shape index (κ1) is 14.3. The molecule has 0 saturated heterocycles. The molecule has 2 aromatic carbocycles. The molecule has 0 aliphatic rings. The second kappa shape index (κ2) is 6.91. The minimum absolute atomic E-state index is 0.511. The van der Waals surface area contributed by atoms with Crippen LogP contribution in [0.5, 0.6) is 0 Å². The Balaban J connectivity index is 2.35. The molecule has 0 heterocycles. The number of alkyl halides is 1. The third kappa shape index (κ3) is 3.94. The molecule has 2 rings (SSSR count). The fourth-order valence-corrected chi connectivity index (χ4v) is 2.90. The van der Waals surface area contributed by atoms with Crippen molar-refractivity contribution < 1.29 is 0 Å². The van der Waals surface area contributed by atoms with Crippen LogP contribution in [0.15, 0.2) is 48.5 Å². The third-order valence-electron chi connectivity index (χ3n) is 3.52. The molecule has 0 N–H and O–H groups in total. The van der Waals surface area contributed by atoms with Crippen molar-refractivity contribution in [3.8, 4) is 0 Å². The van der Waals surface area contributed by atoms with Gasteiger partial charge in [0.05, 0.1) is 0 Å². The van der Waals surface area contributed by atoms with Gasteiger partial charge in [0.15, 0.2) is 0 Å². The summed E-state index contributed by atoms with van der Waals surface area (Å²) < 4.78 is 0. The van der Waals surface area contributed by atoms with Crippen molar-refractivity contribution in [2.45, 2.75) is 32.6 Å². The highest BCUT2D eigenvalue weighted by Gasteiger charge is 2.13. The van der Waals surface area contributed by atoms with Crippen LogP contribution >= 0.6 is 15.9 Å². The lowest BCUT2D eigenvalue weighted by molar-refractivity contribution is 0.704. The first-order valence-electron chi connectivity index (χ1n) is 6.90.